The molecule has 110 valence electrons. The molecule has 1 fully saturated rings. The van der Waals surface area contributed by atoms with Crippen LogP contribution in [0, 0.1) is 17.3 Å². The van der Waals surface area contributed by atoms with Gasteiger partial charge in [0, 0.05) is 12.8 Å². The summed E-state index contributed by atoms with van der Waals surface area (Å²) in [5.74, 6) is -0.147. The number of aliphatic carboxylic acids is 1. The highest BCUT2D eigenvalue weighted by molar-refractivity contribution is 5.82. The Hall–Kier alpha value is -0.900. The summed E-state index contributed by atoms with van der Waals surface area (Å²) < 4.78 is 0. The van der Waals surface area contributed by atoms with Gasteiger partial charge in [0.1, 0.15) is 5.78 Å². The van der Waals surface area contributed by atoms with Crippen molar-refractivity contribution in [3.8, 4) is 0 Å². The third-order valence-corrected chi connectivity index (χ3v) is 4.38. The van der Waals surface area contributed by atoms with Gasteiger partial charge in [-0.2, -0.15) is 0 Å². The predicted molar refractivity (Wildman–Crippen MR) is 72.8 cm³/mol. The SMILES string of the molecule is CC(C)C1CCC(C)(CC(=O)CCC(=O)O)CC1O. The van der Waals surface area contributed by atoms with E-state index in [0.717, 1.165) is 12.8 Å². The number of carbonyl (C=O) groups is 2. The van der Waals surface area contributed by atoms with E-state index in [0.29, 0.717) is 24.7 Å². The molecule has 1 aliphatic carbocycles. The van der Waals surface area contributed by atoms with E-state index in [2.05, 4.69) is 13.8 Å². The van der Waals surface area contributed by atoms with Crippen molar-refractivity contribution >= 4 is 11.8 Å². The Bertz CT molecular complexity index is 337. The Morgan fingerprint density at radius 3 is 2.42 bits per heavy atom. The van der Waals surface area contributed by atoms with E-state index < -0.39 is 5.97 Å². The van der Waals surface area contributed by atoms with Crippen LogP contribution in [-0.4, -0.2) is 28.1 Å². The molecule has 0 radical (unpaired) electrons. The number of hydrogen-bond acceptors (Lipinski definition) is 3. The fraction of sp³-hybridized carbons (Fsp3) is 0.867. The summed E-state index contributed by atoms with van der Waals surface area (Å²) in [5.41, 5.74) is -0.166. The Balaban J connectivity index is 2.50. The average molecular weight is 270 g/mol. The van der Waals surface area contributed by atoms with E-state index in [1.165, 1.54) is 0 Å². The van der Waals surface area contributed by atoms with Gasteiger partial charge in [-0.05, 0) is 36.5 Å². The molecule has 0 heterocycles. The number of carbonyl (C=O) groups excluding carboxylic acids is 1. The van der Waals surface area contributed by atoms with Gasteiger partial charge in [0.05, 0.1) is 12.5 Å². The monoisotopic (exact) mass is 270 g/mol. The molecule has 4 nitrogen and oxygen atoms in total. The van der Waals surface area contributed by atoms with Crippen molar-refractivity contribution in [2.75, 3.05) is 0 Å². The largest absolute Gasteiger partial charge is 0.481 e. The van der Waals surface area contributed by atoms with Crippen molar-refractivity contribution in [2.24, 2.45) is 17.3 Å². The number of aliphatic hydroxyl groups excluding tert-OH is 1. The maximum Gasteiger partial charge on any atom is 0.303 e. The van der Waals surface area contributed by atoms with Crippen LogP contribution in [0.1, 0.15) is 59.3 Å². The smallest absolute Gasteiger partial charge is 0.303 e. The molecule has 3 unspecified atom stereocenters. The second-order valence-corrected chi connectivity index (χ2v) is 6.64. The van der Waals surface area contributed by atoms with E-state index >= 15 is 0 Å². The number of hydrogen-bond donors (Lipinski definition) is 2. The molecule has 2 N–H and O–H groups in total. The zero-order valence-electron chi connectivity index (χ0n) is 12.2. The summed E-state index contributed by atoms with van der Waals surface area (Å²) >= 11 is 0. The topological polar surface area (TPSA) is 74.6 Å². The first-order valence-corrected chi connectivity index (χ1v) is 7.15. The summed E-state index contributed by atoms with van der Waals surface area (Å²) in [7, 11) is 0. The molecule has 0 aromatic heterocycles. The molecular formula is C15H26O4. The van der Waals surface area contributed by atoms with Gasteiger partial charge in [0.25, 0.3) is 0 Å². The first-order chi connectivity index (χ1) is 8.73. The van der Waals surface area contributed by atoms with Crippen molar-refractivity contribution in [3.63, 3.8) is 0 Å². The first-order valence-electron chi connectivity index (χ1n) is 7.15. The van der Waals surface area contributed by atoms with E-state index in [4.69, 9.17) is 5.11 Å². The second kappa shape index (κ2) is 6.51. The molecule has 3 atom stereocenters. The number of carboxylic acids is 1. The van der Waals surface area contributed by atoms with Crippen LogP contribution in [-0.2, 0) is 9.59 Å². The van der Waals surface area contributed by atoms with Gasteiger partial charge in [0.2, 0.25) is 0 Å². The minimum absolute atomic E-state index is 0.0000898. The molecular weight excluding hydrogens is 244 g/mol. The van der Waals surface area contributed by atoms with Crippen LogP contribution in [0.4, 0.5) is 0 Å². The maximum atomic E-state index is 11.8. The molecule has 1 saturated carbocycles. The standard InChI is InChI=1S/C15H26O4/c1-10(2)12-6-7-15(3,9-13(12)17)8-11(16)4-5-14(18)19/h10,12-13,17H,4-9H2,1-3H3,(H,18,19). The van der Waals surface area contributed by atoms with Crippen molar-refractivity contribution in [3.05, 3.63) is 0 Å². The lowest BCUT2D eigenvalue weighted by Crippen LogP contribution is -2.38. The van der Waals surface area contributed by atoms with Gasteiger partial charge in [-0.1, -0.05) is 20.8 Å². The minimum atomic E-state index is -0.929. The average Bonchev–Trinajstić information content (AvgIpc) is 2.25. The normalized spacial score (nSPS) is 31.4. The number of rotatable bonds is 6. The molecule has 1 rings (SSSR count). The highest BCUT2D eigenvalue weighted by Gasteiger charge is 2.38. The highest BCUT2D eigenvalue weighted by Crippen LogP contribution is 2.43. The van der Waals surface area contributed by atoms with Gasteiger partial charge in [-0.15, -0.1) is 0 Å². The molecule has 0 aromatic rings. The third-order valence-electron chi connectivity index (χ3n) is 4.38. The van der Waals surface area contributed by atoms with Gasteiger partial charge < -0.3 is 10.2 Å². The van der Waals surface area contributed by atoms with Crippen molar-refractivity contribution < 1.29 is 19.8 Å². The van der Waals surface area contributed by atoms with Gasteiger partial charge in [-0.25, -0.2) is 0 Å². The summed E-state index contributed by atoms with van der Waals surface area (Å²) in [5, 5.41) is 18.8. The molecule has 0 aromatic carbocycles. The Labute approximate surface area is 115 Å². The fourth-order valence-electron chi connectivity index (χ4n) is 3.21. The van der Waals surface area contributed by atoms with Gasteiger partial charge in [0.15, 0.2) is 0 Å². The third kappa shape index (κ3) is 4.94. The number of Topliss-reactive ketones (excluding diaryl/α,β-unsaturated/α-hetero) is 1. The van der Waals surface area contributed by atoms with Crippen LogP contribution in [0.15, 0.2) is 0 Å². The number of carboxylic acid groups (broad SMARTS) is 1. The Kier molecular flexibility index (Phi) is 5.53. The van der Waals surface area contributed by atoms with Crippen molar-refractivity contribution in [1.29, 1.82) is 0 Å². The van der Waals surface area contributed by atoms with Crippen LogP contribution in [0.2, 0.25) is 0 Å². The lowest BCUT2D eigenvalue weighted by Gasteiger charge is -2.42. The van der Waals surface area contributed by atoms with E-state index in [1.54, 1.807) is 0 Å². The molecule has 0 spiro atoms. The summed E-state index contributed by atoms with van der Waals surface area (Å²) in [4.78, 5) is 22.3. The number of aliphatic hydroxyl groups is 1. The fourth-order valence-corrected chi connectivity index (χ4v) is 3.21. The number of ketones is 1. The zero-order valence-corrected chi connectivity index (χ0v) is 12.2. The highest BCUT2D eigenvalue weighted by atomic mass is 16.4. The maximum absolute atomic E-state index is 11.8. The molecule has 0 bridgehead atoms. The lowest BCUT2D eigenvalue weighted by atomic mass is 9.65. The van der Waals surface area contributed by atoms with E-state index in [-0.39, 0.29) is 30.1 Å². The molecule has 0 saturated heterocycles. The molecule has 0 amide bonds. The van der Waals surface area contributed by atoms with Crippen LogP contribution in [0.3, 0.4) is 0 Å². The van der Waals surface area contributed by atoms with Crippen LogP contribution in [0.5, 0.6) is 0 Å². The minimum Gasteiger partial charge on any atom is -0.481 e. The zero-order chi connectivity index (χ0) is 14.6. The molecule has 1 aliphatic rings. The van der Waals surface area contributed by atoms with E-state index in [1.807, 2.05) is 6.92 Å². The quantitative estimate of drug-likeness (QED) is 0.778. The van der Waals surface area contributed by atoms with Crippen molar-refractivity contribution in [2.45, 2.75) is 65.4 Å². The lowest BCUT2D eigenvalue weighted by molar-refractivity contribution is -0.139. The summed E-state index contributed by atoms with van der Waals surface area (Å²) in [6.07, 6.45) is 2.59. The molecule has 0 aliphatic heterocycles. The Morgan fingerprint density at radius 1 is 1.32 bits per heavy atom. The molecule has 19 heavy (non-hydrogen) atoms. The van der Waals surface area contributed by atoms with Crippen molar-refractivity contribution in [1.82, 2.24) is 0 Å². The van der Waals surface area contributed by atoms with Gasteiger partial charge in [-0.3, -0.25) is 9.59 Å². The summed E-state index contributed by atoms with van der Waals surface area (Å²) in [6, 6.07) is 0. The Morgan fingerprint density at radius 2 is 1.95 bits per heavy atom. The molecule has 4 heteroatoms. The van der Waals surface area contributed by atoms with Gasteiger partial charge >= 0.3 is 5.97 Å². The second-order valence-electron chi connectivity index (χ2n) is 6.64. The summed E-state index contributed by atoms with van der Waals surface area (Å²) in [6.45, 7) is 6.27. The van der Waals surface area contributed by atoms with Crippen LogP contribution >= 0.6 is 0 Å². The van der Waals surface area contributed by atoms with Crippen LogP contribution in [0.25, 0.3) is 0 Å². The van der Waals surface area contributed by atoms with Crippen LogP contribution < -0.4 is 0 Å². The first kappa shape index (κ1) is 16.2. The predicted octanol–water partition coefficient (Wildman–Crippen LogP) is 2.63. The van der Waals surface area contributed by atoms with E-state index in [9.17, 15) is 14.7 Å².